The standard InChI is InChI=1S/C42H42N4O2S4/c1-5-7-9-11-27-29-13-17-33(43-29)41(37-21-23-39(51-37)49-25(3)47)35-19-15-31(45-35)28(12-10-8-6-2)32-16-20-36(46-32)42(34-18-14-30(27)44-34)38-22-24-40(52-38)50-26(4)48/h13-24,43,46H,5-12H2,1-4H3. The fourth-order valence-corrected chi connectivity index (χ4v) is 10.8. The molecule has 0 fully saturated rings. The molecule has 8 bridgehead atoms. The molecular weight excluding hydrogens is 721 g/mol. The second-order valence-corrected chi connectivity index (χ2v) is 18.2. The molecule has 5 aromatic rings. The summed E-state index contributed by atoms with van der Waals surface area (Å²) < 4.78 is 1.94. The van der Waals surface area contributed by atoms with E-state index in [-0.39, 0.29) is 10.2 Å². The lowest BCUT2D eigenvalue weighted by atomic mass is 10.1. The van der Waals surface area contributed by atoms with Crippen molar-refractivity contribution in [3.63, 3.8) is 0 Å². The maximum atomic E-state index is 12.0. The number of hydrogen-bond acceptors (Lipinski definition) is 8. The molecule has 0 saturated carbocycles. The molecule has 2 aliphatic heterocycles. The van der Waals surface area contributed by atoms with E-state index in [1.807, 2.05) is 12.1 Å². The Labute approximate surface area is 321 Å². The Bertz CT molecular complexity index is 2210. The molecule has 0 aromatic carbocycles. The molecule has 5 aromatic heterocycles. The number of aromatic nitrogens is 4. The Kier molecular flexibility index (Phi) is 11.5. The van der Waals surface area contributed by atoms with Gasteiger partial charge in [-0.1, -0.05) is 39.5 Å². The Morgan fingerprint density at radius 3 is 1.37 bits per heavy atom. The second-order valence-electron chi connectivity index (χ2n) is 13.0. The van der Waals surface area contributed by atoms with Crippen molar-refractivity contribution in [2.75, 3.05) is 0 Å². The van der Waals surface area contributed by atoms with Crippen molar-refractivity contribution >= 4 is 103 Å². The number of nitrogens with zero attached hydrogens (tertiary/aromatic N) is 2. The van der Waals surface area contributed by atoms with Crippen LogP contribution in [0.25, 0.3) is 67.3 Å². The number of aromatic amines is 2. The molecule has 0 amide bonds. The van der Waals surface area contributed by atoms with Gasteiger partial charge in [0.05, 0.1) is 31.2 Å². The van der Waals surface area contributed by atoms with Crippen LogP contribution in [0.1, 0.15) is 100 Å². The first-order valence-corrected chi connectivity index (χ1v) is 21.3. The van der Waals surface area contributed by atoms with Crippen LogP contribution in [-0.2, 0) is 22.4 Å². The van der Waals surface area contributed by atoms with Gasteiger partial charge in [0, 0.05) is 67.9 Å². The number of thiophene rings is 2. The molecule has 2 N–H and O–H groups in total. The summed E-state index contributed by atoms with van der Waals surface area (Å²) in [5.74, 6) is 0. The molecule has 52 heavy (non-hydrogen) atoms. The summed E-state index contributed by atoms with van der Waals surface area (Å²) in [7, 11) is 0. The number of thioether (sulfide) groups is 2. The van der Waals surface area contributed by atoms with Crippen LogP contribution in [0.2, 0.25) is 0 Å². The highest BCUT2D eigenvalue weighted by atomic mass is 32.2. The summed E-state index contributed by atoms with van der Waals surface area (Å²) in [4.78, 5) is 44.5. The summed E-state index contributed by atoms with van der Waals surface area (Å²) in [5, 5.41) is 0.151. The SMILES string of the molecule is CCCCCc1c2nc(c(-c3ccc(SC(C)=O)s3)c3ccc([nH]3)c(CCCCC)c3nc(c(-c4ccc(SC(C)=O)s4)c4ccc1[nH]4)C=C3)C=C2. The van der Waals surface area contributed by atoms with Crippen LogP contribution in [0.3, 0.4) is 0 Å². The van der Waals surface area contributed by atoms with Crippen molar-refractivity contribution in [2.45, 2.75) is 87.5 Å². The smallest absolute Gasteiger partial charge is 0.191 e. The fraction of sp³-hybridized carbons (Fsp3) is 0.286. The second kappa shape index (κ2) is 16.4. The normalized spacial score (nSPS) is 12.2. The molecule has 2 aliphatic rings. The minimum absolute atomic E-state index is 0.0756. The van der Waals surface area contributed by atoms with Gasteiger partial charge in [-0.05, 0) is 122 Å². The average molecular weight is 763 g/mol. The van der Waals surface area contributed by atoms with E-state index in [4.69, 9.17) is 9.97 Å². The molecule has 0 atom stereocenters. The number of hydrogen-bond donors (Lipinski definition) is 2. The Hall–Kier alpha value is -3.96. The number of fused-ring (bicyclic) bond motifs is 8. The quantitative estimate of drug-likeness (QED) is 0.0951. The fourth-order valence-electron chi connectivity index (χ4n) is 6.77. The predicted octanol–water partition coefficient (Wildman–Crippen LogP) is 12.9. The number of carbonyl (C=O) groups is 2. The Morgan fingerprint density at radius 1 is 0.558 bits per heavy atom. The number of nitrogens with one attached hydrogen (secondary N) is 2. The first-order chi connectivity index (χ1) is 25.3. The molecule has 10 heteroatoms. The first-order valence-electron chi connectivity index (χ1n) is 18.0. The van der Waals surface area contributed by atoms with Crippen LogP contribution in [0, 0.1) is 0 Å². The van der Waals surface area contributed by atoms with Crippen LogP contribution >= 0.6 is 46.2 Å². The minimum Gasteiger partial charge on any atom is -0.355 e. The molecule has 6 nitrogen and oxygen atoms in total. The summed E-state index contributed by atoms with van der Waals surface area (Å²) in [6.45, 7) is 7.68. The van der Waals surface area contributed by atoms with Gasteiger partial charge in [-0.15, -0.1) is 22.7 Å². The van der Waals surface area contributed by atoms with Crippen molar-refractivity contribution in [3.8, 4) is 20.9 Å². The summed E-state index contributed by atoms with van der Waals surface area (Å²) in [5.41, 5.74) is 12.2. The average Bonchev–Trinajstić information content (AvgIpc) is 3.96. The summed E-state index contributed by atoms with van der Waals surface area (Å²) in [6, 6.07) is 17.0. The van der Waals surface area contributed by atoms with E-state index in [0.717, 1.165) is 126 Å². The lowest BCUT2D eigenvalue weighted by molar-refractivity contribution is -0.109. The van der Waals surface area contributed by atoms with Gasteiger partial charge in [0.25, 0.3) is 0 Å². The van der Waals surface area contributed by atoms with Crippen molar-refractivity contribution in [1.82, 2.24) is 19.9 Å². The number of carbonyl (C=O) groups excluding carboxylic acids is 2. The van der Waals surface area contributed by atoms with E-state index < -0.39 is 0 Å². The van der Waals surface area contributed by atoms with Crippen molar-refractivity contribution in [2.24, 2.45) is 0 Å². The maximum Gasteiger partial charge on any atom is 0.191 e. The lowest BCUT2D eigenvalue weighted by Crippen LogP contribution is -1.93. The topological polar surface area (TPSA) is 91.5 Å². The number of H-pyrrole nitrogens is 2. The Morgan fingerprint density at radius 2 is 0.962 bits per heavy atom. The molecule has 0 unspecified atom stereocenters. The van der Waals surface area contributed by atoms with Crippen LogP contribution in [0.4, 0.5) is 0 Å². The van der Waals surface area contributed by atoms with Gasteiger partial charge in [0.15, 0.2) is 10.2 Å². The van der Waals surface area contributed by atoms with E-state index in [9.17, 15) is 9.59 Å². The van der Waals surface area contributed by atoms with Crippen LogP contribution < -0.4 is 0 Å². The van der Waals surface area contributed by atoms with Crippen LogP contribution in [0.5, 0.6) is 0 Å². The highest BCUT2D eigenvalue weighted by molar-refractivity contribution is 8.15. The molecular formula is C42H42N4O2S4. The van der Waals surface area contributed by atoms with Gasteiger partial charge in [-0.3, -0.25) is 9.59 Å². The number of unbranched alkanes of at least 4 members (excludes halogenated alkanes) is 4. The highest BCUT2D eigenvalue weighted by Crippen LogP contribution is 2.41. The van der Waals surface area contributed by atoms with Crippen molar-refractivity contribution in [3.05, 3.63) is 82.4 Å². The zero-order chi connectivity index (χ0) is 36.2. The van der Waals surface area contributed by atoms with Crippen molar-refractivity contribution < 1.29 is 9.59 Å². The van der Waals surface area contributed by atoms with Crippen molar-refractivity contribution in [1.29, 1.82) is 0 Å². The zero-order valence-corrected chi connectivity index (χ0v) is 33.2. The predicted molar refractivity (Wildman–Crippen MR) is 225 cm³/mol. The third-order valence-electron chi connectivity index (χ3n) is 9.18. The van der Waals surface area contributed by atoms with Crippen LogP contribution in [0.15, 0.2) is 56.9 Å². The summed E-state index contributed by atoms with van der Waals surface area (Å²) in [6.07, 6.45) is 17.0. The Balaban J connectivity index is 1.56. The van der Waals surface area contributed by atoms with Gasteiger partial charge in [0.1, 0.15) is 0 Å². The maximum absolute atomic E-state index is 12.0. The van der Waals surface area contributed by atoms with Gasteiger partial charge in [-0.25, -0.2) is 9.97 Å². The first kappa shape index (κ1) is 36.4. The van der Waals surface area contributed by atoms with Gasteiger partial charge < -0.3 is 9.97 Å². The molecule has 266 valence electrons. The molecule has 0 spiro atoms. The van der Waals surface area contributed by atoms with E-state index in [0.29, 0.717) is 0 Å². The van der Waals surface area contributed by atoms with Gasteiger partial charge in [0.2, 0.25) is 0 Å². The van der Waals surface area contributed by atoms with E-state index in [2.05, 4.69) is 84.5 Å². The number of aryl methyl sites for hydroxylation is 2. The van der Waals surface area contributed by atoms with E-state index in [1.54, 1.807) is 36.5 Å². The molecule has 7 rings (SSSR count). The lowest BCUT2D eigenvalue weighted by Gasteiger charge is -2.05. The van der Waals surface area contributed by atoms with Gasteiger partial charge >= 0.3 is 0 Å². The molecule has 7 heterocycles. The van der Waals surface area contributed by atoms with Crippen LogP contribution in [-0.4, -0.2) is 30.2 Å². The monoisotopic (exact) mass is 762 g/mol. The van der Waals surface area contributed by atoms with Gasteiger partial charge in [-0.2, -0.15) is 0 Å². The highest BCUT2D eigenvalue weighted by Gasteiger charge is 2.19. The zero-order valence-electron chi connectivity index (χ0n) is 29.9. The van der Waals surface area contributed by atoms with E-state index in [1.165, 1.54) is 34.7 Å². The number of rotatable bonds is 12. The van der Waals surface area contributed by atoms with E-state index >= 15 is 0 Å². The third-order valence-corrected chi connectivity index (χ3v) is 13.2. The molecule has 0 radical (unpaired) electrons. The molecule has 0 saturated heterocycles. The third kappa shape index (κ3) is 8.00. The largest absolute Gasteiger partial charge is 0.355 e. The summed E-state index contributed by atoms with van der Waals surface area (Å²) >= 11 is 5.80. The minimum atomic E-state index is 0.0756. The molecule has 0 aliphatic carbocycles.